The van der Waals surface area contributed by atoms with Gasteiger partial charge in [0.05, 0.1) is 14.2 Å². The molecule has 0 spiro atoms. The molecule has 0 bridgehead atoms. The van der Waals surface area contributed by atoms with Crippen LogP contribution >= 0.6 is 0 Å². The number of hydrogen-bond donors (Lipinski definition) is 2. The fraction of sp³-hybridized carbons (Fsp3) is 0.318. The first kappa shape index (κ1) is 22.9. The number of halogens is 1. The van der Waals surface area contributed by atoms with Gasteiger partial charge in [-0.15, -0.1) is 0 Å². The molecule has 2 aromatic rings. The van der Waals surface area contributed by atoms with Crippen LogP contribution in [0.15, 0.2) is 48.5 Å². The third-order valence-corrected chi connectivity index (χ3v) is 4.45. The first-order chi connectivity index (χ1) is 14.3. The normalized spacial score (nSPS) is 12.4. The number of esters is 1. The number of methoxy groups -OCH3 is 2. The van der Waals surface area contributed by atoms with E-state index in [1.807, 2.05) is 0 Å². The van der Waals surface area contributed by atoms with Gasteiger partial charge >= 0.3 is 5.97 Å². The number of amides is 2. The average molecular weight is 416 g/mol. The summed E-state index contributed by atoms with van der Waals surface area (Å²) in [6, 6.07) is 11.0. The number of benzene rings is 2. The predicted octanol–water partition coefficient (Wildman–Crippen LogP) is 1.78. The van der Waals surface area contributed by atoms with Crippen LogP contribution in [0.4, 0.5) is 4.39 Å². The van der Waals surface area contributed by atoms with Gasteiger partial charge in [0.25, 0.3) is 0 Å². The highest BCUT2D eigenvalue weighted by Crippen LogP contribution is 2.15. The maximum atomic E-state index is 14.0. The SMILES string of the molecule is COC(=O)[C@H](Cc1cccc(OC)c1)NC(=O)[C@@H](Cc1ccccc1F)NC(C)=O. The van der Waals surface area contributed by atoms with Gasteiger partial charge in [-0.1, -0.05) is 30.3 Å². The third kappa shape index (κ3) is 6.58. The summed E-state index contributed by atoms with van der Waals surface area (Å²) >= 11 is 0. The van der Waals surface area contributed by atoms with Gasteiger partial charge in [-0.25, -0.2) is 9.18 Å². The van der Waals surface area contributed by atoms with E-state index in [2.05, 4.69) is 10.6 Å². The molecule has 0 fully saturated rings. The maximum absolute atomic E-state index is 14.0. The van der Waals surface area contributed by atoms with Crippen molar-refractivity contribution in [3.63, 3.8) is 0 Å². The predicted molar refractivity (Wildman–Crippen MR) is 108 cm³/mol. The van der Waals surface area contributed by atoms with E-state index in [1.54, 1.807) is 30.3 Å². The van der Waals surface area contributed by atoms with Crippen molar-refractivity contribution < 1.29 is 28.2 Å². The molecule has 160 valence electrons. The Balaban J connectivity index is 2.19. The van der Waals surface area contributed by atoms with Crippen LogP contribution in [0, 0.1) is 5.82 Å². The molecule has 0 saturated carbocycles. The van der Waals surface area contributed by atoms with E-state index in [-0.39, 0.29) is 18.4 Å². The summed E-state index contributed by atoms with van der Waals surface area (Å²) in [7, 11) is 2.75. The summed E-state index contributed by atoms with van der Waals surface area (Å²) in [5, 5.41) is 5.12. The zero-order valence-corrected chi connectivity index (χ0v) is 17.1. The molecule has 2 N–H and O–H groups in total. The molecule has 0 aliphatic heterocycles. The van der Waals surface area contributed by atoms with Crippen molar-refractivity contribution in [2.75, 3.05) is 14.2 Å². The van der Waals surface area contributed by atoms with Gasteiger partial charge in [-0.2, -0.15) is 0 Å². The first-order valence-electron chi connectivity index (χ1n) is 9.35. The number of hydrogen-bond acceptors (Lipinski definition) is 5. The smallest absolute Gasteiger partial charge is 0.328 e. The maximum Gasteiger partial charge on any atom is 0.328 e. The van der Waals surface area contributed by atoms with Gasteiger partial charge in [0.2, 0.25) is 11.8 Å². The lowest BCUT2D eigenvalue weighted by Crippen LogP contribution is -2.53. The summed E-state index contributed by atoms with van der Waals surface area (Å²) in [5.74, 6) is -1.58. The highest BCUT2D eigenvalue weighted by Gasteiger charge is 2.28. The third-order valence-electron chi connectivity index (χ3n) is 4.45. The number of carbonyl (C=O) groups is 3. The largest absolute Gasteiger partial charge is 0.497 e. The van der Waals surface area contributed by atoms with Crippen LogP contribution in [0.5, 0.6) is 5.75 Å². The van der Waals surface area contributed by atoms with E-state index in [0.29, 0.717) is 5.75 Å². The summed E-state index contributed by atoms with van der Waals surface area (Å²) in [6.45, 7) is 1.26. The lowest BCUT2D eigenvalue weighted by Gasteiger charge is -2.22. The fourth-order valence-corrected chi connectivity index (χ4v) is 2.98. The van der Waals surface area contributed by atoms with Crippen molar-refractivity contribution >= 4 is 17.8 Å². The van der Waals surface area contributed by atoms with Crippen LogP contribution < -0.4 is 15.4 Å². The molecule has 0 unspecified atom stereocenters. The summed E-state index contributed by atoms with van der Waals surface area (Å²) < 4.78 is 24.0. The Hall–Kier alpha value is -3.42. The second-order valence-corrected chi connectivity index (χ2v) is 6.69. The van der Waals surface area contributed by atoms with E-state index >= 15 is 0 Å². The van der Waals surface area contributed by atoms with Crippen molar-refractivity contribution in [2.24, 2.45) is 0 Å². The Kier molecular flexibility index (Phi) is 8.34. The second-order valence-electron chi connectivity index (χ2n) is 6.69. The molecule has 8 heteroatoms. The molecule has 30 heavy (non-hydrogen) atoms. The van der Waals surface area contributed by atoms with Gasteiger partial charge in [0.1, 0.15) is 23.7 Å². The van der Waals surface area contributed by atoms with Crippen LogP contribution in [-0.2, 0) is 32.0 Å². The Morgan fingerprint density at radius 3 is 2.33 bits per heavy atom. The van der Waals surface area contributed by atoms with E-state index < -0.39 is 35.7 Å². The molecule has 2 aromatic carbocycles. The summed E-state index contributed by atoms with van der Waals surface area (Å²) in [6.07, 6.45) is 0.0905. The summed E-state index contributed by atoms with van der Waals surface area (Å²) in [5.41, 5.74) is 1.02. The quantitative estimate of drug-likeness (QED) is 0.608. The molecule has 0 saturated heterocycles. The van der Waals surface area contributed by atoms with Gasteiger partial charge in [-0.3, -0.25) is 9.59 Å². The van der Waals surface area contributed by atoms with Gasteiger partial charge < -0.3 is 20.1 Å². The fourth-order valence-electron chi connectivity index (χ4n) is 2.98. The lowest BCUT2D eigenvalue weighted by atomic mass is 10.0. The molecule has 2 atom stereocenters. The molecular weight excluding hydrogens is 391 g/mol. The number of ether oxygens (including phenoxy) is 2. The van der Waals surface area contributed by atoms with E-state index in [1.165, 1.54) is 39.3 Å². The van der Waals surface area contributed by atoms with Crippen molar-refractivity contribution in [1.82, 2.24) is 10.6 Å². The van der Waals surface area contributed by atoms with Crippen LogP contribution in [0.3, 0.4) is 0 Å². The molecule has 0 aliphatic carbocycles. The minimum absolute atomic E-state index is 0.0643. The lowest BCUT2D eigenvalue weighted by molar-refractivity contribution is -0.145. The van der Waals surface area contributed by atoms with Crippen molar-refractivity contribution in [2.45, 2.75) is 31.8 Å². The highest BCUT2D eigenvalue weighted by molar-refractivity contribution is 5.90. The molecule has 0 heterocycles. The van der Waals surface area contributed by atoms with Crippen molar-refractivity contribution in [3.05, 3.63) is 65.5 Å². The van der Waals surface area contributed by atoms with Gasteiger partial charge in [0, 0.05) is 19.8 Å². The van der Waals surface area contributed by atoms with Crippen LogP contribution in [0.25, 0.3) is 0 Å². The molecule has 2 rings (SSSR count). The average Bonchev–Trinajstić information content (AvgIpc) is 2.73. The summed E-state index contributed by atoms with van der Waals surface area (Å²) in [4.78, 5) is 36.7. The molecule has 0 aliphatic rings. The number of carbonyl (C=O) groups excluding carboxylic acids is 3. The Bertz CT molecular complexity index is 903. The highest BCUT2D eigenvalue weighted by atomic mass is 19.1. The molecule has 7 nitrogen and oxygen atoms in total. The molecule has 0 aromatic heterocycles. The topological polar surface area (TPSA) is 93.7 Å². The Morgan fingerprint density at radius 1 is 0.967 bits per heavy atom. The van der Waals surface area contributed by atoms with E-state index in [0.717, 1.165) is 5.56 Å². The van der Waals surface area contributed by atoms with E-state index in [9.17, 15) is 18.8 Å². The van der Waals surface area contributed by atoms with Crippen LogP contribution in [0.1, 0.15) is 18.1 Å². The van der Waals surface area contributed by atoms with Crippen molar-refractivity contribution in [1.29, 1.82) is 0 Å². The first-order valence-corrected chi connectivity index (χ1v) is 9.35. The number of nitrogens with one attached hydrogen (secondary N) is 2. The molecular formula is C22H25FN2O5. The minimum Gasteiger partial charge on any atom is -0.497 e. The monoisotopic (exact) mass is 416 g/mol. The number of rotatable bonds is 9. The van der Waals surface area contributed by atoms with Crippen LogP contribution in [0.2, 0.25) is 0 Å². The zero-order chi connectivity index (χ0) is 22.1. The van der Waals surface area contributed by atoms with Crippen LogP contribution in [-0.4, -0.2) is 44.1 Å². The van der Waals surface area contributed by atoms with Crippen molar-refractivity contribution in [3.8, 4) is 5.75 Å². The Labute approximate surface area is 174 Å². The Morgan fingerprint density at radius 2 is 1.70 bits per heavy atom. The zero-order valence-electron chi connectivity index (χ0n) is 17.1. The molecule has 0 radical (unpaired) electrons. The second kappa shape index (κ2) is 10.9. The molecule has 2 amide bonds. The van der Waals surface area contributed by atoms with E-state index in [4.69, 9.17) is 9.47 Å². The van der Waals surface area contributed by atoms with Gasteiger partial charge in [0.15, 0.2) is 0 Å². The van der Waals surface area contributed by atoms with Gasteiger partial charge in [-0.05, 0) is 29.3 Å². The minimum atomic E-state index is -1.06. The standard InChI is InChI=1S/C22H25FN2O5/c1-14(26)24-19(13-16-8-4-5-10-18(16)23)21(27)25-20(22(28)30-3)12-15-7-6-9-17(11-15)29-2/h4-11,19-20H,12-13H2,1-3H3,(H,24,26)(H,25,27)/t19-,20+/m1/s1.